The molecular formula is C17H28N2O3. The first-order chi connectivity index (χ1) is 10.5. The van der Waals surface area contributed by atoms with Crippen LogP contribution in [0.5, 0.6) is 5.75 Å². The van der Waals surface area contributed by atoms with Gasteiger partial charge in [0.2, 0.25) is 5.91 Å². The molecule has 0 heterocycles. The highest BCUT2D eigenvalue weighted by atomic mass is 16.5. The van der Waals surface area contributed by atoms with Gasteiger partial charge in [0.1, 0.15) is 5.75 Å². The average Bonchev–Trinajstić information content (AvgIpc) is 2.43. The van der Waals surface area contributed by atoms with Crippen LogP contribution in [0.15, 0.2) is 12.1 Å². The zero-order chi connectivity index (χ0) is 16.5. The smallest absolute Gasteiger partial charge is 0.234 e. The molecule has 0 aliphatic carbocycles. The van der Waals surface area contributed by atoms with Crippen LogP contribution in [0.3, 0.4) is 0 Å². The number of rotatable bonds is 9. The number of methoxy groups -OCH3 is 2. The lowest BCUT2D eigenvalue weighted by Gasteiger charge is -2.18. The molecule has 22 heavy (non-hydrogen) atoms. The van der Waals surface area contributed by atoms with Gasteiger partial charge in [0.25, 0.3) is 0 Å². The van der Waals surface area contributed by atoms with Gasteiger partial charge in [-0.3, -0.25) is 9.69 Å². The SMILES string of the molecule is COCCCNC(=O)CN(C)Cc1cc(C)c(OC)c(C)c1. The van der Waals surface area contributed by atoms with Gasteiger partial charge in [0, 0.05) is 26.8 Å². The van der Waals surface area contributed by atoms with Gasteiger partial charge in [-0.25, -0.2) is 0 Å². The van der Waals surface area contributed by atoms with E-state index in [1.54, 1.807) is 14.2 Å². The molecule has 0 aromatic heterocycles. The van der Waals surface area contributed by atoms with Crippen molar-refractivity contribution in [2.75, 3.05) is 41.0 Å². The topological polar surface area (TPSA) is 50.8 Å². The number of ether oxygens (including phenoxy) is 2. The van der Waals surface area contributed by atoms with E-state index in [4.69, 9.17) is 9.47 Å². The van der Waals surface area contributed by atoms with Crippen molar-refractivity contribution >= 4 is 5.91 Å². The van der Waals surface area contributed by atoms with Crippen LogP contribution in [0.1, 0.15) is 23.1 Å². The number of hydrogen-bond donors (Lipinski definition) is 1. The van der Waals surface area contributed by atoms with E-state index in [1.165, 1.54) is 5.56 Å². The predicted molar refractivity (Wildman–Crippen MR) is 88.3 cm³/mol. The van der Waals surface area contributed by atoms with Crippen molar-refractivity contribution in [2.45, 2.75) is 26.8 Å². The molecule has 0 spiro atoms. The summed E-state index contributed by atoms with van der Waals surface area (Å²) in [5.41, 5.74) is 3.43. The Balaban J connectivity index is 2.48. The third-order valence-corrected chi connectivity index (χ3v) is 3.44. The van der Waals surface area contributed by atoms with E-state index in [1.807, 2.05) is 25.8 Å². The quantitative estimate of drug-likeness (QED) is 0.708. The molecule has 1 N–H and O–H groups in total. The van der Waals surface area contributed by atoms with Gasteiger partial charge in [-0.1, -0.05) is 12.1 Å². The van der Waals surface area contributed by atoms with E-state index in [2.05, 4.69) is 17.4 Å². The maximum Gasteiger partial charge on any atom is 0.234 e. The van der Waals surface area contributed by atoms with Crippen molar-refractivity contribution in [3.05, 3.63) is 28.8 Å². The molecule has 0 saturated heterocycles. The fraction of sp³-hybridized carbons (Fsp3) is 0.588. The van der Waals surface area contributed by atoms with E-state index in [0.717, 1.165) is 29.8 Å². The summed E-state index contributed by atoms with van der Waals surface area (Å²) >= 11 is 0. The fourth-order valence-electron chi connectivity index (χ4n) is 2.57. The maximum atomic E-state index is 11.8. The lowest BCUT2D eigenvalue weighted by molar-refractivity contribution is -0.122. The van der Waals surface area contributed by atoms with Crippen molar-refractivity contribution in [2.24, 2.45) is 0 Å². The Morgan fingerprint density at radius 3 is 2.41 bits per heavy atom. The summed E-state index contributed by atoms with van der Waals surface area (Å²) < 4.78 is 10.3. The first kappa shape index (κ1) is 18.5. The third kappa shape index (κ3) is 6.03. The minimum atomic E-state index is 0.0422. The van der Waals surface area contributed by atoms with E-state index in [0.29, 0.717) is 19.7 Å². The average molecular weight is 308 g/mol. The number of nitrogens with one attached hydrogen (secondary N) is 1. The van der Waals surface area contributed by atoms with Crippen molar-refractivity contribution in [3.63, 3.8) is 0 Å². The zero-order valence-corrected chi connectivity index (χ0v) is 14.4. The molecule has 0 radical (unpaired) electrons. The van der Waals surface area contributed by atoms with Crippen molar-refractivity contribution in [3.8, 4) is 5.75 Å². The summed E-state index contributed by atoms with van der Waals surface area (Å²) in [4.78, 5) is 13.8. The van der Waals surface area contributed by atoms with Gasteiger partial charge in [0.15, 0.2) is 0 Å². The van der Waals surface area contributed by atoms with Crippen molar-refractivity contribution in [1.29, 1.82) is 0 Å². The monoisotopic (exact) mass is 308 g/mol. The minimum absolute atomic E-state index is 0.0422. The van der Waals surface area contributed by atoms with E-state index < -0.39 is 0 Å². The molecule has 0 unspecified atom stereocenters. The number of aryl methyl sites for hydroxylation is 2. The highest BCUT2D eigenvalue weighted by molar-refractivity contribution is 5.77. The number of benzene rings is 1. The Morgan fingerprint density at radius 1 is 1.23 bits per heavy atom. The number of hydrogen-bond acceptors (Lipinski definition) is 4. The second-order valence-electron chi connectivity index (χ2n) is 5.63. The lowest BCUT2D eigenvalue weighted by atomic mass is 10.1. The minimum Gasteiger partial charge on any atom is -0.496 e. The Labute approximate surface area is 133 Å². The number of amides is 1. The van der Waals surface area contributed by atoms with Gasteiger partial charge in [0.05, 0.1) is 13.7 Å². The van der Waals surface area contributed by atoms with E-state index in [9.17, 15) is 4.79 Å². The molecule has 0 atom stereocenters. The number of carbonyl (C=O) groups is 1. The summed E-state index contributed by atoms with van der Waals surface area (Å²) in [7, 11) is 5.30. The van der Waals surface area contributed by atoms with Crippen LogP contribution in [-0.2, 0) is 16.1 Å². The first-order valence-electron chi connectivity index (χ1n) is 7.56. The third-order valence-electron chi connectivity index (χ3n) is 3.44. The Hall–Kier alpha value is -1.59. The number of nitrogens with zero attached hydrogens (tertiary/aromatic N) is 1. The Morgan fingerprint density at radius 2 is 1.86 bits per heavy atom. The largest absolute Gasteiger partial charge is 0.496 e. The van der Waals surface area contributed by atoms with Gasteiger partial charge in [-0.2, -0.15) is 0 Å². The standard InChI is InChI=1S/C17H28N2O3/c1-13-9-15(10-14(2)17(13)22-5)11-19(3)12-16(20)18-7-6-8-21-4/h9-10H,6-8,11-12H2,1-5H3,(H,18,20). The lowest BCUT2D eigenvalue weighted by Crippen LogP contribution is -2.35. The Bertz CT molecular complexity index is 466. The highest BCUT2D eigenvalue weighted by Gasteiger charge is 2.09. The molecular weight excluding hydrogens is 280 g/mol. The van der Waals surface area contributed by atoms with Crippen LogP contribution in [0.4, 0.5) is 0 Å². The molecule has 1 aromatic rings. The van der Waals surface area contributed by atoms with E-state index >= 15 is 0 Å². The first-order valence-corrected chi connectivity index (χ1v) is 7.56. The van der Waals surface area contributed by atoms with Crippen LogP contribution in [0, 0.1) is 13.8 Å². The summed E-state index contributed by atoms with van der Waals surface area (Å²) in [6, 6.07) is 4.22. The molecule has 0 aliphatic heterocycles. The van der Waals surface area contributed by atoms with Crippen molar-refractivity contribution in [1.82, 2.24) is 10.2 Å². The van der Waals surface area contributed by atoms with Crippen LogP contribution in [0.25, 0.3) is 0 Å². The fourth-order valence-corrected chi connectivity index (χ4v) is 2.57. The highest BCUT2D eigenvalue weighted by Crippen LogP contribution is 2.24. The van der Waals surface area contributed by atoms with E-state index in [-0.39, 0.29) is 5.91 Å². The summed E-state index contributed by atoms with van der Waals surface area (Å²) in [5, 5.41) is 2.89. The second-order valence-corrected chi connectivity index (χ2v) is 5.63. The number of carbonyl (C=O) groups excluding carboxylic acids is 1. The molecule has 0 aliphatic rings. The maximum absolute atomic E-state index is 11.8. The summed E-state index contributed by atoms with van der Waals surface area (Å²) in [6.45, 7) is 6.52. The molecule has 5 nitrogen and oxygen atoms in total. The van der Waals surface area contributed by atoms with Crippen LogP contribution in [-0.4, -0.2) is 51.8 Å². The van der Waals surface area contributed by atoms with Crippen LogP contribution < -0.4 is 10.1 Å². The molecule has 1 aromatic carbocycles. The molecule has 1 rings (SSSR count). The molecule has 0 saturated carbocycles. The van der Waals surface area contributed by atoms with Gasteiger partial charge < -0.3 is 14.8 Å². The molecule has 5 heteroatoms. The molecule has 0 bridgehead atoms. The van der Waals surface area contributed by atoms with Gasteiger partial charge in [-0.05, 0) is 44.0 Å². The van der Waals surface area contributed by atoms with Crippen LogP contribution in [0.2, 0.25) is 0 Å². The molecule has 0 fully saturated rings. The normalized spacial score (nSPS) is 10.8. The van der Waals surface area contributed by atoms with Gasteiger partial charge >= 0.3 is 0 Å². The predicted octanol–water partition coefficient (Wildman–Crippen LogP) is 1.90. The second kappa shape index (κ2) is 9.43. The summed E-state index contributed by atoms with van der Waals surface area (Å²) in [6.07, 6.45) is 0.836. The van der Waals surface area contributed by atoms with Crippen molar-refractivity contribution < 1.29 is 14.3 Å². The molecule has 124 valence electrons. The summed E-state index contributed by atoms with van der Waals surface area (Å²) in [5.74, 6) is 0.975. The Kier molecular flexibility index (Phi) is 7.91. The van der Waals surface area contributed by atoms with Gasteiger partial charge in [-0.15, -0.1) is 0 Å². The van der Waals surface area contributed by atoms with Crippen LogP contribution >= 0.6 is 0 Å². The zero-order valence-electron chi connectivity index (χ0n) is 14.4. The molecule has 1 amide bonds. The number of likely N-dealkylation sites (N-methyl/N-ethyl adjacent to an activating group) is 1.